The fraction of sp³-hybridized carbons (Fsp3) is 0.333. The Morgan fingerprint density at radius 3 is 2.53 bits per heavy atom. The first-order valence-electron chi connectivity index (χ1n) is 4.24. The van der Waals surface area contributed by atoms with Crippen molar-refractivity contribution in [2.45, 2.75) is 11.0 Å². The van der Waals surface area contributed by atoms with Gasteiger partial charge in [-0.1, -0.05) is 0 Å². The third-order valence-corrected chi connectivity index (χ3v) is 3.18. The summed E-state index contributed by atoms with van der Waals surface area (Å²) in [5.41, 5.74) is 0.0669. The zero-order valence-electron chi connectivity index (χ0n) is 7.80. The van der Waals surface area contributed by atoms with E-state index in [1.165, 1.54) is 23.9 Å². The quantitative estimate of drug-likeness (QED) is 0.375. The van der Waals surface area contributed by atoms with Gasteiger partial charge < -0.3 is 5.11 Å². The minimum absolute atomic E-state index is 0.0669. The number of benzene rings is 1. The van der Waals surface area contributed by atoms with Crippen molar-refractivity contribution >= 4 is 29.1 Å². The molecule has 1 rings (SSSR count). The van der Waals surface area contributed by atoms with Crippen LogP contribution in [0.2, 0.25) is 0 Å². The van der Waals surface area contributed by atoms with Gasteiger partial charge in [0.15, 0.2) is 0 Å². The molecule has 0 saturated heterocycles. The van der Waals surface area contributed by atoms with Crippen LogP contribution in [0.3, 0.4) is 0 Å². The number of aliphatic hydroxyl groups is 1. The molecule has 15 heavy (non-hydrogen) atoms. The molecule has 1 unspecified atom stereocenters. The number of non-ortho nitro benzene ring substituents is 1. The molecule has 1 aromatic carbocycles. The van der Waals surface area contributed by atoms with E-state index < -0.39 is 11.0 Å². The lowest BCUT2D eigenvalue weighted by Crippen LogP contribution is -2.10. The SMILES string of the molecule is O=[N+]([O-])c1ccc(SCC(O)CCl)cc1. The highest BCUT2D eigenvalue weighted by atomic mass is 35.5. The van der Waals surface area contributed by atoms with Gasteiger partial charge in [0.2, 0.25) is 0 Å². The largest absolute Gasteiger partial charge is 0.391 e. The normalized spacial score (nSPS) is 12.4. The Labute approximate surface area is 96.4 Å². The second-order valence-electron chi connectivity index (χ2n) is 2.87. The summed E-state index contributed by atoms with van der Waals surface area (Å²) in [6.07, 6.45) is -0.549. The molecule has 0 fully saturated rings. The first-order chi connectivity index (χ1) is 7.13. The monoisotopic (exact) mass is 247 g/mol. The molecule has 0 bridgehead atoms. The number of aliphatic hydroxyl groups excluding tert-OH is 1. The second-order valence-corrected chi connectivity index (χ2v) is 4.27. The summed E-state index contributed by atoms with van der Waals surface area (Å²) < 4.78 is 0. The van der Waals surface area contributed by atoms with Crippen molar-refractivity contribution in [3.05, 3.63) is 34.4 Å². The third-order valence-electron chi connectivity index (χ3n) is 1.67. The molecule has 1 N–H and O–H groups in total. The van der Waals surface area contributed by atoms with Gasteiger partial charge in [0.25, 0.3) is 5.69 Å². The van der Waals surface area contributed by atoms with Crippen LogP contribution in [0.5, 0.6) is 0 Å². The van der Waals surface area contributed by atoms with Crippen LogP contribution in [-0.2, 0) is 0 Å². The average Bonchev–Trinajstić information content (AvgIpc) is 2.26. The molecule has 0 amide bonds. The standard InChI is InChI=1S/C9H10ClNO3S/c10-5-8(12)6-15-9-3-1-7(2-4-9)11(13)14/h1-4,8,12H,5-6H2. The van der Waals surface area contributed by atoms with Crippen LogP contribution in [0.1, 0.15) is 0 Å². The molecule has 0 heterocycles. The minimum atomic E-state index is -0.549. The van der Waals surface area contributed by atoms with E-state index in [9.17, 15) is 15.2 Å². The lowest BCUT2D eigenvalue weighted by Gasteiger charge is -2.05. The van der Waals surface area contributed by atoms with E-state index in [4.69, 9.17) is 11.6 Å². The molecule has 0 aliphatic carbocycles. The smallest absolute Gasteiger partial charge is 0.269 e. The summed E-state index contributed by atoms with van der Waals surface area (Å²) in [6.45, 7) is 0. The Morgan fingerprint density at radius 2 is 2.07 bits per heavy atom. The van der Waals surface area contributed by atoms with Crippen molar-refractivity contribution in [3.8, 4) is 0 Å². The number of rotatable bonds is 5. The fourth-order valence-corrected chi connectivity index (χ4v) is 1.97. The molecule has 4 nitrogen and oxygen atoms in total. The van der Waals surface area contributed by atoms with Gasteiger partial charge in [-0.3, -0.25) is 10.1 Å². The zero-order chi connectivity index (χ0) is 11.3. The van der Waals surface area contributed by atoms with E-state index in [1.807, 2.05) is 0 Å². The maximum Gasteiger partial charge on any atom is 0.269 e. The number of nitro benzene ring substituents is 1. The molecule has 6 heteroatoms. The van der Waals surface area contributed by atoms with Crippen LogP contribution in [0.25, 0.3) is 0 Å². The van der Waals surface area contributed by atoms with Crippen molar-refractivity contribution in [1.29, 1.82) is 0 Å². The van der Waals surface area contributed by atoms with Crippen LogP contribution >= 0.6 is 23.4 Å². The van der Waals surface area contributed by atoms with E-state index >= 15 is 0 Å². The minimum Gasteiger partial charge on any atom is -0.391 e. The number of thioether (sulfide) groups is 1. The maximum absolute atomic E-state index is 10.4. The van der Waals surface area contributed by atoms with Gasteiger partial charge >= 0.3 is 0 Å². The highest BCUT2D eigenvalue weighted by molar-refractivity contribution is 7.99. The average molecular weight is 248 g/mol. The van der Waals surface area contributed by atoms with Crippen LogP contribution in [0.4, 0.5) is 5.69 Å². The van der Waals surface area contributed by atoms with Gasteiger partial charge in [0.05, 0.1) is 11.0 Å². The molecule has 0 aliphatic heterocycles. The van der Waals surface area contributed by atoms with Gasteiger partial charge in [0.1, 0.15) is 0 Å². The van der Waals surface area contributed by atoms with E-state index in [0.717, 1.165) is 4.90 Å². The van der Waals surface area contributed by atoms with Gasteiger partial charge in [0, 0.05) is 28.7 Å². The summed E-state index contributed by atoms with van der Waals surface area (Å²) in [4.78, 5) is 10.8. The van der Waals surface area contributed by atoms with E-state index in [-0.39, 0.29) is 11.6 Å². The molecule has 0 aromatic heterocycles. The number of nitro groups is 1. The summed E-state index contributed by atoms with van der Waals surface area (Å²) in [5, 5.41) is 19.6. The molecule has 1 atom stereocenters. The Kier molecular flexibility index (Phi) is 4.87. The molecule has 0 radical (unpaired) electrons. The third kappa shape index (κ3) is 4.07. The van der Waals surface area contributed by atoms with Crippen LogP contribution < -0.4 is 0 Å². The fourth-order valence-electron chi connectivity index (χ4n) is 0.901. The molecular formula is C9H10ClNO3S. The van der Waals surface area contributed by atoms with Crippen molar-refractivity contribution in [2.75, 3.05) is 11.6 Å². The Morgan fingerprint density at radius 1 is 1.47 bits per heavy atom. The number of nitrogens with zero attached hydrogens (tertiary/aromatic N) is 1. The lowest BCUT2D eigenvalue weighted by molar-refractivity contribution is -0.384. The Balaban J connectivity index is 2.53. The van der Waals surface area contributed by atoms with Crippen LogP contribution in [0, 0.1) is 10.1 Å². The summed E-state index contributed by atoms with van der Waals surface area (Å²) in [5.74, 6) is 0.682. The highest BCUT2D eigenvalue weighted by Gasteiger charge is 2.06. The van der Waals surface area contributed by atoms with E-state index in [0.29, 0.717) is 5.75 Å². The molecule has 0 saturated carbocycles. The van der Waals surface area contributed by atoms with Crippen molar-refractivity contribution < 1.29 is 10.0 Å². The summed E-state index contributed by atoms with van der Waals surface area (Å²) >= 11 is 6.85. The molecule has 0 spiro atoms. The van der Waals surface area contributed by atoms with Crippen LogP contribution in [-0.4, -0.2) is 27.8 Å². The van der Waals surface area contributed by atoms with E-state index in [1.54, 1.807) is 12.1 Å². The molecule has 0 aliphatic rings. The molecule has 1 aromatic rings. The van der Waals surface area contributed by atoms with Gasteiger partial charge in [-0.25, -0.2) is 0 Å². The van der Waals surface area contributed by atoms with Gasteiger partial charge in [-0.2, -0.15) is 0 Å². The zero-order valence-corrected chi connectivity index (χ0v) is 9.37. The topological polar surface area (TPSA) is 63.4 Å². The highest BCUT2D eigenvalue weighted by Crippen LogP contribution is 2.22. The predicted molar refractivity (Wildman–Crippen MR) is 60.5 cm³/mol. The first kappa shape index (κ1) is 12.3. The maximum atomic E-state index is 10.4. The van der Waals surface area contributed by atoms with E-state index in [2.05, 4.69) is 0 Å². The van der Waals surface area contributed by atoms with Gasteiger partial charge in [-0.15, -0.1) is 23.4 Å². The van der Waals surface area contributed by atoms with Crippen molar-refractivity contribution in [1.82, 2.24) is 0 Å². The van der Waals surface area contributed by atoms with Crippen molar-refractivity contribution in [2.24, 2.45) is 0 Å². The summed E-state index contributed by atoms with van der Waals surface area (Å²) in [7, 11) is 0. The second kappa shape index (κ2) is 5.95. The molecular weight excluding hydrogens is 238 g/mol. The first-order valence-corrected chi connectivity index (χ1v) is 5.76. The number of hydrogen-bond donors (Lipinski definition) is 1. The number of halogens is 1. The van der Waals surface area contributed by atoms with Crippen molar-refractivity contribution in [3.63, 3.8) is 0 Å². The Hall–Kier alpha value is -0.780. The number of alkyl halides is 1. The molecule has 82 valence electrons. The number of hydrogen-bond acceptors (Lipinski definition) is 4. The summed E-state index contributed by atoms with van der Waals surface area (Å²) in [6, 6.07) is 6.19. The predicted octanol–water partition coefficient (Wildman–Crippen LogP) is 2.29. The van der Waals surface area contributed by atoms with Crippen LogP contribution in [0.15, 0.2) is 29.2 Å². The Bertz CT molecular complexity index is 331. The van der Waals surface area contributed by atoms with Gasteiger partial charge in [-0.05, 0) is 12.1 Å². The lowest BCUT2D eigenvalue weighted by atomic mass is 10.3.